The number of carbonyl (C=O) groups is 1. The molecule has 0 unspecified atom stereocenters. The summed E-state index contributed by atoms with van der Waals surface area (Å²) in [7, 11) is -3.23. The summed E-state index contributed by atoms with van der Waals surface area (Å²) in [6.07, 6.45) is 2.74. The Hall–Kier alpha value is -1.80. The topological polar surface area (TPSA) is 84.9 Å². The first kappa shape index (κ1) is 21.5. The van der Waals surface area contributed by atoms with E-state index in [0.29, 0.717) is 50.5 Å². The Labute approximate surface area is 162 Å². The average molecular weight is 399 g/mol. The Kier molecular flexibility index (Phi) is 8.37. The van der Waals surface area contributed by atoms with E-state index in [0.717, 1.165) is 6.42 Å². The van der Waals surface area contributed by atoms with Crippen molar-refractivity contribution in [2.45, 2.75) is 45.6 Å². The molecule has 7 nitrogen and oxygen atoms in total. The molecule has 0 bridgehead atoms. The Morgan fingerprint density at radius 2 is 1.78 bits per heavy atom. The number of likely N-dealkylation sites (tertiary alicyclic amines) is 1. The van der Waals surface area contributed by atoms with Gasteiger partial charge in [0.25, 0.3) is 5.91 Å². The van der Waals surface area contributed by atoms with Crippen molar-refractivity contribution in [2.24, 2.45) is 0 Å². The molecule has 2 rings (SSSR count). The SMILES string of the molecule is CCCCS(=O)(=O)NC1CCN(C(=O)COc2ccccc2OCC)CC1. The number of benzene rings is 1. The predicted molar refractivity (Wildman–Crippen MR) is 105 cm³/mol. The van der Waals surface area contributed by atoms with E-state index in [1.54, 1.807) is 17.0 Å². The lowest BCUT2D eigenvalue weighted by Crippen LogP contribution is -2.48. The highest BCUT2D eigenvalue weighted by Crippen LogP contribution is 2.26. The smallest absolute Gasteiger partial charge is 0.260 e. The minimum Gasteiger partial charge on any atom is -0.490 e. The molecule has 1 heterocycles. The number of sulfonamides is 1. The first-order chi connectivity index (χ1) is 12.9. The third-order valence-electron chi connectivity index (χ3n) is 4.46. The first-order valence-corrected chi connectivity index (χ1v) is 11.2. The van der Waals surface area contributed by atoms with E-state index in [4.69, 9.17) is 9.47 Å². The Morgan fingerprint density at radius 3 is 2.37 bits per heavy atom. The number of para-hydroxylation sites is 2. The Balaban J connectivity index is 1.78. The highest BCUT2D eigenvalue weighted by atomic mass is 32.2. The van der Waals surface area contributed by atoms with Gasteiger partial charge in [-0.05, 0) is 38.3 Å². The Bertz CT molecular complexity index is 700. The molecule has 1 aromatic carbocycles. The maximum absolute atomic E-state index is 12.4. The lowest BCUT2D eigenvalue weighted by molar-refractivity contribution is -0.134. The fourth-order valence-corrected chi connectivity index (χ4v) is 4.50. The molecule has 1 amide bonds. The molecular formula is C19H30N2O5S. The van der Waals surface area contributed by atoms with E-state index < -0.39 is 10.0 Å². The summed E-state index contributed by atoms with van der Waals surface area (Å²) < 4.78 is 37.9. The van der Waals surface area contributed by atoms with E-state index in [1.165, 1.54) is 0 Å². The quantitative estimate of drug-likeness (QED) is 0.653. The minimum atomic E-state index is -3.23. The maximum Gasteiger partial charge on any atom is 0.260 e. The van der Waals surface area contributed by atoms with Gasteiger partial charge in [-0.15, -0.1) is 0 Å². The molecule has 1 aliphatic rings. The van der Waals surface area contributed by atoms with Crippen LogP contribution >= 0.6 is 0 Å². The van der Waals surface area contributed by atoms with Crippen LogP contribution in [-0.2, 0) is 14.8 Å². The monoisotopic (exact) mass is 398 g/mol. The van der Waals surface area contributed by atoms with Crippen LogP contribution < -0.4 is 14.2 Å². The molecule has 1 saturated heterocycles. The summed E-state index contributed by atoms with van der Waals surface area (Å²) in [5.74, 6) is 1.23. The third-order valence-corrected chi connectivity index (χ3v) is 5.98. The second kappa shape index (κ2) is 10.5. The highest BCUT2D eigenvalue weighted by Gasteiger charge is 2.26. The van der Waals surface area contributed by atoms with Crippen molar-refractivity contribution in [3.8, 4) is 11.5 Å². The standard InChI is InChI=1S/C19H30N2O5S/c1-3-5-14-27(23,24)20-16-10-12-21(13-11-16)19(22)15-26-18-9-7-6-8-17(18)25-4-2/h6-9,16,20H,3-5,10-15H2,1-2H3. The van der Waals surface area contributed by atoms with Gasteiger partial charge in [-0.2, -0.15) is 0 Å². The molecule has 0 radical (unpaired) electrons. The fraction of sp³-hybridized carbons (Fsp3) is 0.632. The van der Waals surface area contributed by atoms with Crippen molar-refractivity contribution < 1.29 is 22.7 Å². The van der Waals surface area contributed by atoms with Crippen LogP contribution in [0.1, 0.15) is 39.5 Å². The zero-order chi connectivity index (χ0) is 19.7. The van der Waals surface area contributed by atoms with E-state index in [-0.39, 0.29) is 24.3 Å². The largest absolute Gasteiger partial charge is 0.490 e. The van der Waals surface area contributed by atoms with Crippen LogP contribution in [0.4, 0.5) is 0 Å². The minimum absolute atomic E-state index is 0.0586. The molecule has 1 N–H and O–H groups in total. The molecule has 1 aliphatic heterocycles. The number of unbranched alkanes of at least 4 members (excludes halogenated alkanes) is 1. The van der Waals surface area contributed by atoms with E-state index in [2.05, 4.69) is 4.72 Å². The van der Waals surface area contributed by atoms with E-state index >= 15 is 0 Å². The molecule has 1 fully saturated rings. The van der Waals surface area contributed by atoms with Crippen LogP contribution in [0.25, 0.3) is 0 Å². The second-order valence-corrected chi connectivity index (χ2v) is 8.49. The van der Waals surface area contributed by atoms with Gasteiger partial charge in [0, 0.05) is 19.1 Å². The lowest BCUT2D eigenvalue weighted by atomic mass is 10.1. The number of hydrogen-bond acceptors (Lipinski definition) is 5. The summed E-state index contributed by atoms with van der Waals surface area (Å²) in [4.78, 5) is 14.1. The molecule has 0 spiro atoms. The van der Waals surface area contributed by atoms with Gasteiger partial charge in [-0.1, -0.05) is 25.5 Å². The van der Waals surface area contributed by atoms with Crippen LogP contribution in [0.15, 0.2) is 24.3 Å². The van der Waals surface area contributed by atoms with Gasteiger partial charge in [-0.3, -0.25) is 4.79 Å². The Morgan fingerprint density at radius 1 is 1.15 bits per heavy atom. The average Bonchev–Trinajstić information content (AvgIpc) is 2.66. The number of hydrogen-bond donors (Lipinski definition) is 1. The second-order valence-electron chi connectivity index (χ2n) is 6.61. The van der Waals surface area contributed by atoms with Gasteiger partial charge in [-0.25, -0.2) is 13.1 Å². The number of amides is 1. The van der Waals surface area contributed by atoms with Crippen molar-refractivity contribution >= 4 is 15.9 Å². The molecular weight excluding hydrogens is 368 g/mol. The zero-order valence-electron chi connectivity index (χ0n) is 16.1. The van der Waals surface area contributed by atoms with Gasteiger partial charge < -0.3 is 14.4 Å². The van der Waals surface area contributed by atoms with Crippen molar-refractivity contribution in [1.29, 1.82) is 0 Å². The van der Waals surface area contributed by atoms with Crippen LogP contribution in [0.5, 0.6) is 11.5 Å². The lowest BCUT2D eigenvalue weighted by Gasteiger charge is -2.32. The van der Waals surface area contributed by atoms with Crippen LogP contribution in [0.3, 0.4) is 0 Å². The van der Waals surface area contributed by atoms with Crippen molar-refractivity contribution in [3.05, 3.63) is 24.3 Å². The summed E-state index contributed by atoms with van der Waals surface area (Å²) in [6.45, 7) is 5.37. The molecule has 0 atom stereocenters. The number of rotatable bonds is 10. The number of piperidine rings is 1. The highest BCUT2D eigenvalue weighted by molar-refractivity contribution is 7.89. The summed E-state index contributed by atoms with van der Waals surface area (Å²) in [5.41, 5.74) is 0. The van der Waals surface area contributed by atoms with Crippen LogP contribution in [-0.4, -0.2) is 57.3 Å². The van der Waals surface area contributed by atoms with Crippen molar-refractivity contribution in [1.82, 2.24) is 9.62 Å². The molecule has 152 valence electrons. The van der Waals surface area contributed by atoms with Crippen LogP contribution in [0, 0.1) is 0 Å². The molecule has 0 aliphatic carbocycles. The summed E-state index contributed by atoms with van der Waals surface area (Å²) >= 11 is 0. The normalized spacial score (nSPS) is 15.6. The zero-order valence-corrected chi connectivity index (χ0v) is 17.0. The van der Waals surface area contributed by atoms with Crippen molar-refractivity contribution in [2.75, 3.05) is 32.1 Å². The van der Waals surface area contributed by atoms with Gasteiger partial charge in [0.1, 0.15) is 0 Å². The van der Waals surface area contributed by atoms with E-state index in [1.807, 2.05) is 26.0 Å². The molecule has 27 heavy (non-hydrogen) atoms. The van der Waals surface area contributed by atoms with Gasteiger partial charge in [0.05, 0.1) is 12.4 Å². The van der Waals surface area contributed by atoms with E-state index in [9.17, 15) is 13.2 Å². The predicted octanol–water partition coefficient (Wildman–Crippen LogP) is 2.17. The number of nitrogens with zero attached hydrogens (tertiary/aromatic N) is 1. The fourth-order valence-electron chi connectivity index (χ4n) is 2.97. The van der Waals surface area contributed by atoms with Crippen LogP contribution in [0.2, 0.25) is 0 Å². The number of carbonyl (C=O) groups excluding carboxylic acids is 1. The summed E-state index contributed by atoms with van der Waals surface area (Å²) in [5, 5.41) is 0. The maximum atomic E-state index is 12.4. The van der Waals surface area contributed by atoms with Crippen molar-refractivity contribution in [3.63, 3.8) is 0 Å². The first-order valence-electron chi connectivity index (χ1n) is 9.57. The number of nitrogens with one attached hydrogen (secondary N) is 1. The molecule has 0 aromatic heterocycles. The van der Waals surface area contributed by atoms with Gasteiger partial charge in [0.2, 0.25) is 10.0 Å². The third kappa shape index (κ3) is 7.03. The van der Waals surface area contributed by atoms with Gasteiger partial charge in [0.15, 0.2) is 18.1 Å². The molecule has 8 heteroatoms. The van der Waals surface area contributed by atoms with Gasteiger partial charge >= 0.3 is 0 Å². The summed E-state index contributed by atoms with van der Waals surface area (Å²) in [6, 6.07) is 7.16. The molecule has 0 saturated carbocycles. The number of ether oxygens (including phenoxy) is 2. The molecule has 1 aromatic rings.